The number of ether oxygens (including phenoxy) is 2. The number of hydrogen-bond acceptors (Lipinski definition) is 3. The van der Waals surface area contributed by atoms with E-state index in [9.17, 15) is 0 Å². The van der Waals surface area contributed by atoms with Gasteiger partial charge in [0, 0.05) is 0 Å². The fraction of sp³-hybridized carbons (Fsp3) is 0.269. The predicted molar refractivity (Wildman–Crippen MR) is 122 cm³/mol. The third-order valence-corrected chi connectivity index (χ3v) is 6.00. The van der Waals surface area contributed by atoms with Crippen LogP contribution in [-0.4, -0.2) is 16.7 Å². The molecule has 1 heterocycles. The highest BCUT2D eigenvalue weighted by atomic mass is 16.5. The van der Waals surface area contributed by atoms with Crippen molar-refractivity contribution in [1.82, 2.24) is 9.55 Å². The third kappa shape index (κ3) is 3.78. The first-order valence-corrected chi connectivity index (χ1v) is 10.2. The van der Waals surface area contributed by atoms with E-state index in [0.717, 1.165) is 34.9 Å². The molecule has 0 aliphatic carbocycles. The molecule has 0 fully saturated rings. The highest BCUT2D eigenvalue weighted by Gasteiger charge is 2.15. The van der Waals surface area contributed by atoms with Crippen LogP contribution in [0.4, 0.5) is 0 Å². The topological polar surface area (TPSA) is 36.3 Å². The molecule has 0 atom stereocenters. The third-order valence-electron chi connectivity index (χ3n) is 6.00. The van der Waals surface area contributed by atoms with E-state index in [4.69, 9.17) is 14.5 Å². The Kier molecular flexibility index (Phi) is 5.49. The Balaban J connectivity index is 1.70. The Morgan fingerprint density at radius 2 is 1.47 bits per heavy atom. The Bertz CT molecular complexity index is 1160. The molecular formula is C26H28N2O2. The molecule has 0 aliphatic heterocycles. The summed E-state index contributed by atoms with van der Waals surface area (Å²) in [5.41, 5.74) is 8.83. The second kappa shape index (κ2) is 8.23. The van der Waals surface area contributed by atoms with Crippen molar-refractivity contribution in [2.45, 2.75) is 40.8 Å². The second-order valence-electron chi connectivity index (χ2n) is 7.81. The van der Waals surface area contributed by atoms with Crippen molar-refractivity contribution >= 4 is 11.0 Å². The van der Waals surface area contributed by atoms with Crippen molar-refractivity contribution in [2.24, 2.45) is 0 Å². The van der Waals surface area contributed by atoms with Crippen LogP contribution in [0.3, 0.4) is 0 Å². The Labute approximate surface area is 178 Å². The number of aromatic nitrogens is 2. The SMILES string of the molecule is COc1ccc(OCc2nc3ccccc3n2Cc2c(C)c(C)cc(C)c2C)cc1. The standard InChI is InChI=1S/C26H28N2O2/c1-17-14-18(2)20(4)23(19(17)3)15-28-25-9-7-6-8-24(25)27-26(28)16-30-22-12-10-21(29-5)11-13-22/h6-14H,15-16H2,1-5H3. The van der Waals surface area contributed by atoms with Crippen molar-refractivity contribution in [3.8, 4) is 11.5 Å². The summed E-state index contributed by atoms with van der Waals surface area (Å²) in [4.78, 5) is 4.88. The number of imidazole rings is 1. The van der Waals surface area contributed by atoms with Crippen molar-refractivity contribution in [3.63, 3.8) is 0 Å². The lowest BCUT2D eigenvalue weighted by atomic mass is 9.94. The van der Waals surface area contributed by atoms with Gasteiger partial charge in [-0.05, 0) is 91.9 Å². The highest BCUT2D eigenvalue weighted by molar-refractivity contribution is 5.76. The lowest BCUT2D eigenvalue weighted by molar-refractivity contribution is 0.290. The van der Waals surface area contributed by atoms with Crippen molar-refractivity contribution in [2.75, 3.05) is 7.11 Å². The van der Waals surface area contributed by atoms with Gasteiger partial charge in [-0.15, -0.1) is 0 Å². The van der Waals surface area contributed by atoms with Crippen LogP contribution >= 0.6 is 0 Å². The average molecular weight is 401 g/mol. The fourth-order valence-corrected chi connectivity index (χ4v) is 3.93. The molecule has 0 radical (unpaired) electrons. The van der Waals surface area contributed by atoms with E-state index in [-0.39, 0.29) is 0 Å². The van der Waals surface area contributed by atoms with Gasteiger partial charge in [-0.25, -0.2) is 4.98 Å². The number of aryl methyl sites for hydroxylation is 2. The molecule has 4 nitrogen and oxygen atoms in total. The van der Waals surface area contributed by atoms with E-state index in [0.29, 0.717) is 6.61 Å². The number of methoxy groups -OCH3 is 1. The van der Waals surface area contributed by atoms with Gasteiger partial charge in [-0.1, -0.05) is 18.2 Å². The van der Waals surface area contributed by atoms with E-state index in [1.54, 1.807) is 7.11 Å². The normalized spacial score (nSPS) is 11.1. The van der Waals surface area contributed by atoms with Crippen molar-refractivity contribution in [3.05, 3.63) is 88.2 Å². The number of para-hydroxylation sites is 2. The molecule has 4 aromatic rings. The second-order valence-corrected chi connectivity index (χ2v) is 7.81. The number of fused-ring (bicyclic) bond motifs is 1. The van der Waals surface area contributed by atoms with Gasteiger partial charge in [0.15, 0.2) is 0 Å². The molecule has 0 amide bonds. The molecule has 0 saturated heterocycles. The minimum Gasteiger partial charge on any atom is -0.497 e. The molecule has 0 saturated carbocycles. The first kappa shape index (κ1) is 20.0. The van der Waals surface area contributed by atoms with E-state index in [1.165, 1.54) is 27.8 Å². The number of benzene rings is 3. The zero-order chi connectivity index (χ0) is 21.3. The maximum Gasteiger partial charge on any atom is 0.148 e. The minimum atomic E-state index is 0.407. The number of nitrogens with zero attached hydrogens (tertiary/aromatic N) is 2. The Morgan fingerprint density at radius 3 is 2.13 bits per heavy atom. The summed E-state index contributed by atoms with van der Waals surface area (Å²) in [5.74, 6) is 2.54. The molecule has 0 unspecified atom stereocenters. The van der Waals surface area contributed by atoms with Gasteiger partial charge in [0.05, 0.1) is 24.7 Å². The maximum absolute atomic E-state index is 6.07. The van der Waals surface area contributed by atoms with Gasteiger partial charge >= 0.3 is 0 Å². The Hall–Kier alpha value is -3.27. The van der Waals surface area contributed by atoms with Crippen LogP contribution < -0.4 is 9.47 Å². The van der Waals surface area contributed by atoms with E-state index < -0.39 is 0 Å². The van der Waals surface area contributed by atoms with E-state index >= 15 is 0 Å². The zero-order valence-electron chi connectivity index (χ0n) is 18.3. The molecule has 154 valence electrons. The number of hydrogen-bond donors (Lipinski definition) is 0. The van der Waals surface area contributed by atoms with Gasteiger partial charge < -0.3 is 14.0 Å². The van der Waals surface area contributed by atoms with Gasteiger partial charge in [0.1, 0.15) is 23.9 Å². The molecule has 4 rings (SSSR count). The quantitative estimate of drug-likeness (QED) is 0.404. The number of rotatable bonds is 6. The summed E-state index contributed by atoms with van der Waals surface area (Å²) in [7, 11) is 1.66. The fourth-order valence-electron chi connectivity index (χ4n) is 3.93. The maximum atomic E-state index is 6.07. The van der Waals surface area contributed by atoms with Crippen LogP contribution in [0.1, 0.15) is 33.6 Å². The van der Waals surface area contributed by atoms with Gasteiger partial charge in [-0.2, -0.15) is 0 Å². The van der Waals surface area contributed by atoms with Crippen LogP contribution in [0.25, 0.3) is 11.0 Å². The first-order valence-electron chi connectivity index (χ1n) is 10.2. The molecule has 4 heteroatoms. The van der Waals surface area contributed by atoms with Crippen LogP contribution in [0, 0.1) is 27.7 Å². The molecule has 1 aromatic heterocycles. The van der Waals surface area contributed by atoms with Crippen LogP contribution in [-0.2, 0) is 13.2 Å². The van der Waals surface area contributed by atoms with Gasteiger partial charge in [0.2, 0.25) is 0 Å². The summed E-state index contributed by atoms with van der Waals surface area (Å²) in [6.45, 7) is 9.98. The minimum absolute atomic E-state index is 0.407. The average Bonchev–Trinajstić information content (AvgIpc) is 3.11. The molecule has 0 aliphatic rings. The van der Waals surface area contributed by atoms with E-state index in [2.05, 4.69) is 56.5 Å². The first-order chi connectivity index (χ1) is 14.5. The van der Waals surface area contributed by atoms with Gasteiger partial charge in [-0.3, -0.25) is 0 Å². The molecule has 0 N–H and O–H groups in total. The van der Waals surface area contributed by atoms with Crippen LogP contribution in [0.5, 0.6) is 11.5 Å². The molecule has 0 spiro atoms. The smallest absolute Gasteiger partial charge is 0.148 e. The van der Waals surface area contributed by atoms with Gasteiger partial charge in [0.25, 0.3) is 0 Å². The van der Waals surface area contributed by atoms with Crippen LogP contribution in [0.2, 0.25) is 0 Å². The molecule has 3 aromatic carbocycles. The van der Waals surface area contributed by atoms with Crippen LogP contribution in [0.15, 0.2) is 54.6 Å². The summed E-state index contributed by atoms with van der Waals surface area (Å²) in [5, 5.41) is 0. The predicted octanol–water partition coefficient (Wildman–Crippen LogP) is 5.91. The molecule has 30 heavy (non-hydrogen) atoms. The lowest BCUT2D eigenvalue weighted by Gasteiger charge is -2.18. The zero-order valence-corrected chi connectivity index (χ0v) is 18.3. The highest BCUT2D eigenvalue weighted by Crippen LogP contribution is 2.26. The largest absolute Gasteiger partial charge is 0.497 e. The van der Waals surface area contributed by atoms with Crippen molar-refractivity contribution < 1.29 is 9.47 Å². The molecular weight excluding hydrogens is 372 g/mol. The van der Waals surface area contributed by atoms with Crippen molar-refractivity contribution in [1.29, 1.82) is 0 Å². The summed E-state index contributed by atoms with van der Waals surface area (Å²) >= 11 is 0. The Morgan fingerprint density at radius 1 is 0.833 bits per heavy atom. The molecule has 0 bridgehead atoms. The summed E-state index contributed by atoms with van der Waals surface area (Å²) < 4.78 is 13.6. The monoisotopic (exact) mass is 400 g/mol. The summed E-state index contributed by atoms with van der Waals surface area (Å²) in [6.07, 6.45) is 0. The lowest BCUT2D eigenvalue weighted by Crippen LogP contribution is -2.11. The summed E-state index contributed by atoms with van der Waals surface area (Å²) in [6, 6.07) is 18.2. The van der Waals surface area contributed by atoms with E-state index in [1.807, 2.05) is 30.3 Å².